The number of urea groups is 1. The lowest BCUT2D eigenvalue weighted by Gasteiger charge is -2.04. The molecule has 0 spiro atoms. The average Bonchev–Trinajstić information content (AvgIpc) is 3.27. The van der Waals surface area contributed by atoms with Gasteiger partial charge in [0, 0.05) is 19.2 Å². The van der Waals surface area contributed by atoms with E-state index in [1.54, 1.807) is 6.92 Å². The summed E-state index contributed by atoms with van der Waals surface area (Å²) in [5, 5.41) is 16.9. The fourth-order valence-electron chi connectivity index (χ4n) is 2.64. The van der Waals surface area contributed by atoms with Crippen LogP contribution in [0.15, 0.2) is 23.1 Å². The van der Waals surface area contributed by atoms with Crippen molar-refractivity contribution in [1.29, 1.82) is 0 Å². The maximum atomic E-state index is 14.2. The van der Waals surface area contributed by atoms with Crippen molar-refractivity contribution in [2.45, 2.75) is 24.8 Å². The maximum absolute atomic E-state index is 14.2. The number of benzene rings is 1. The van der Waals surface area contributed by atoms with Gasteiger partial charge in [0.15, 0.2) is 20.8 Å². The number of nitrogens with zero attached hydrogens (tertiary/aromatic N) is 5. The van der Waals surface area contributed by atoms with Crippen LogP contribution < -0.4 is 10.6 Å². The first-order valence-electron chi connectivity index (χ1n) is 9.02. The van der Waals surface area contributed by atoms with Crippen LogP contribution in [-0.4, -0.2) is 59.1 Å². The molecule has 10 nitrogen and oxygen atoms in total. The number of carbonyl (C=O) groups excluding carboxylic acids is 1. The number of rotatable bonds is 8. The van der Waals surface area contributed by atoms with E-state index in [2.05, 4.69) is 31.0 Å². The largest absolute Gasteiger partial charge is 0.337 e. The fourth-order valence-corrected chi connectivity index (χ4v) is 4.32. The van der Waals surface area contributed by atoms with Crippen LogP contribution in [0.3, 0.4) is 0 Å². The second kappa shape index (κ2) is 9.43. The second-order valence-corrected chi connectivity index (χ2v) is 9.46. The Labute approximate surface area is 180 Å². The molecule has 166 valence electrons. The van der Waals surface area contributed by atoms with Gasteiger partial charge in [-0.25, -0.2) is 27.0 Å². The molecule has 3 rings (SSSR count). The molecule has 2 aromatic heterocycles. The lowest BCUT2D eigenvalue weighted by atomic mass is 10.1. The summed E-state index contributed by atoms with van der Waals surface area (Å²) in [4.78, 5) is 17.7. The van der Waals surface area contributed by atoms with Gasteiger partial charge in [-0.1, -0.05) is 17.4 Å². The van der Waals surface area contributed by atoms with Crippen LogP contribution in [-0.2, 0) is 22.8 Å². The molecule has 0 bridgehead atoms. The van der Waals surface area contributed by atoms with Crippen LogP contribution in [0.2, 0.25) is 0 Å². The number of sulfone groups is 1. The minimum atomic E-state index is -3.67. The van der Waals surface area contributed by atoms with Gasteiger partial charge in [0.05, 0.1) is 17.1 Å². The van der Waals surface area contributed by atoms with E-state index in [9.17, 15) is 22.0 Å². The van der Waals surface area contributed by atoms with Gasteiger partial charge in [0.25, 0.3) is 0 Å². The van der Waals surface area contributed by atoms with E-state index < -0.39 is 28.4 Å². The quantitative estimate of drug-likeness (QED) is 0.513. The summed E-state index contributed by atoms with van der Waals surface area (Å²) >= 11 is 1.13. The fraction of sp³-hybridized carbons (Fsp3) is 0.353. The van der Waals surface area contributed by atoms with Crippen LogP contribution in [0.4, 0.5) is 18.7 Å². The predicted molar refractivity (Wildman–Crippen MR) is 110 cm³/mol. The summed E-state index contributed by atoms with van der Waals surface area (Å²) in [6, 6.07) is 3.32. The SMILES string of the molecule is Cc1nc(NC(=O)NCCc2nnn(CCF)n2)sc1-c1ccc(S(C)(=O)=O)c(F)c1. The molecule has 0 atom stereocenters. The van der Waals surface area contributed by atoms with Crippen molar-refractivity contribution in [1.82, 2.24) is 30.5 Å². The molecule has 0 saturated carbocycles. The van der Waals surface area contributed by atoms with E-state index in [-0.39, 0.29) is 18.0 Å². The summed E-state index contributed by atoms with van der Waals surface area (Å²) in [7, 11) is -3.67. The molecule has 1 aromatic carbocycles. The Morgan fingerprint density at radius 1 is 1.32 bits per heavy atom. The minimum absolute atomic E-state index is 0.0214. The Hall–Kier alpha value is -3.00. The van der Waals surface area contributed by atoms with E-state index >= 15 is 0 Å². The Morgan fingerprint density at radius 2 is 2.10 bits per heavy atom. The molecule has 0 aliphatic rings. The third kappa shape index (κ3) is 5.79. The Kier molecular flexibility index (Phi) is 6.90. The third-order valence-electron chi connectivity index (χ3n) is 4.02. The maximum Gasteiger partial charge on any atom is 0.321 e. The number of nitrogens with one attached hydrogen (secondary N) is 2. The summed E-state index contributed by atoms with van der Waals surface area (Å²) < 4.78 is 49.6. The van der Waals surface area contributed by atoms with Crippen molar-refractivity contribution in [2.24, 2.45) is 0 Å². The zero-order valence-corrected chi connectivity index (χ0v) is 18.2. The smallest absolute Gasteiger partial charge is 0.321 e. The summed E-state index contributed by atoms with van der Waals surface area (Å²) in [5.41, 5.74) is 1.01. The summed E-state index contributed by atoms with van der Waals surface area (Å²) in [5.74, 6) is -0.474. The minimum Gasteiger partial charge on any atom is -0.337 e. The van der Waals surface area contributed by atoms with Gasteiger partial charge in [-0.2, -0.15) is 4.80 Å². The number of hydrogen-bond acceptors (Lipinski definition) is 8. The highest BCUT2D eigenvalue weighted by molar-refractivity contribution is 7.90. The van der Waals surface area contributed by atoms with Gasteiger partial charge in [-0.3, -0.25) is 5.32 Å². The lowest BCUT2D eigenvalue weighted by Crippen LogP contribution is -2.30. The van der Waals surface area contributed by atoms with Gasteiger partial charge in [0.1, 0.15) is 17.4 Å². The topological polar surface area (TPSA) is 132 Å². The normalized spacial score (nSPS) is 11.5. The highest BCUT2D eigenvalue weighted by atomic mass is 32.2. The third-order valence-corrected chi connectivity index (χ3v) is 6.28. The number of hydrogen-bond donors (Lipinski definition) is 2. The van der Waals surface area contributed by atoms with Gasteiger partial charge in [0.2, 0.25) is 0 Å². The van der Waals surface area contributed by atoms with E-state index in [1.165, 1.54) is 12.1 Å². The van der Waals surface area contributed by atoms with E-state index in [0.717, 1.165) is 28.5 Å². The number of tetrazole rings is 1. The zero-order chi connectivity index (χ0) is 22.6. The molecule has 2 amide bonds. The van der Waals surface area contributed by atoms with Crippen LogP contribution in [0.25, 0.3) is 10.4 Å². The molecule has 0 saturated heterocycles. The van der Waals surface area contributed by atoms with Crippen molar-refractivity contribution in [3.63, 3.8) is 0 Å². The molecule has 3 aromatic rings. The molecule has 31 heavy (non-hydrogen) atoms. The zero-order valence-electron chi connectivity index (χ0n) is 16.6. The number of aromatic nitrogens is 5. The standard InChI is InChI=1S/C17H19F2N7O3S2/c1-10-15(11-3-4-13(12(19)9-11)31(2,28)29)30-17(21-10)22-16(27)20-7-5-14-23-25-26(24-14)8-6-18/h3-4,9H,5-8H2,1-2H3,(H2,20,21,22,27). The molecule has 2 heterocycles. The van der Waals surface area contributed by atoms with Crippen molar-refractivity contribution < 1.29 is 22.0 Å². The summed E-state index contributed by atoms with van der Waals surface area (Å²) in [6.45, 7) is 1.35. The van der Waals surface area contributed by atoms with E-state index in [1.807, 2.05) is 0 Å². The molecule has 0 unspecified atom stereocenters. The van der Waals surface area contributed by atoms with Crippen molar-refractivity contribution >= 4 is 32.3 Å². The Balaban J connectivity index is 1.60. The average molecular weight is 472 g/mol. The monoisotopic (exact) mass is 471 g/mol. The number of carbonyl (C=O) groups is 1. The van der Waals surface area contributed by atoms with Crippen LogP contribution in [0, 0.1) is 12.7 Å². The number of anilines is 1. The number of thiazole rings is 1. The van der Waals surface area contributed by atoms with Crippen LogP contribution in [0.5, 0.6) is 0 Å². The van der Waals surface area contributed by atoms with Gasteiger partial charge < -0.3 is 5.32 Å². The van der Waals surface area contributed by atoms with Gasteiger partial charge in [-0.15, -0.1) is 10.2 Å². The summed E-state index contributed by atoms with van der Waals surface area (Å²) in [6.07, 6.45) is 1.25. The van der Waals surface area contributed by atoms with Gasteiger partial charge >= 0.3 is 6.03 Å². The first-order valence-corrected chi connectivity index (χ1v) is 11.7. The molecule has 2 N–H and O–H groups in total. The second-order valence-electron chi connectivity index (χ2n) is 6.47. The predicted octanol–water partition coefficient (Wildman–Crippen LogP) is 1.98. The lowest BCUT2D eigenvalue weighted by molar-refractivity contribution is 0.252. The number of alkyl halides is 1. The molecular weight excluding hydrogens is 452 g/mol. The number of aryl methyl sites for hydroxylation is 2. The molecule has 0 aliphatic heterocycles. The van der Waals surface area contributed by atoms with Crippen molar-refractivity contribution in [2.75, 3.05) is 24.8 Å². The molecule has 0 aliphatic carbocycles. The molecule has 0 fully saturated rings. The Bertz CT molecular complexity index is 1190. The van der Waals surface area contributed by atoms with E-state index in [4.69, 9.17) is 0 Å². The van der Waals surface area contributed by atoms with E-state index in [0.29, 0.717) is 33.5 Å². The van der Waals surface area contributed by atoms with Gasteiger partial charge in [-0.05, 0) is 29.8 Å². The van der Waals surface area contributed by atoms with Crippen molar-refractivity contribution in [3.8, 4) is 10.4 Å². The Morgan fingerprint density at radius 3 is 2.77 bits per heavy atom. The highest BCUT2D eigenvalue weighted by Crippen LogP contribution is 2.34. The first-order chi connectivity index (χ1) is 14.7. The highest BCUT2D eigenvalue weighted by Gasteiger charge is 2.17. The number of amides is 2. The van der Waals surface area contributed by atoms with Crippen LogP contribution >= 0.6 is 11.3 Å². The van der Waals surface area contributed by atoms with Crippen LogP contribution in [0.1, 0.15) is 11.5 Å². The molecule has 14 heteroatoms. The van der Waals surface area contributed by atoms with Crippen molar-refractivity contribution in [3.05, 3.63) is 35.5 Å². The number of halogens is 2. The molecular formula is C17H19F2N7O3S2. The molecule has 0 radical (unpaired) electrons. The first kappa shape index (κ1) is 22.7.